The largest absolute Gasteiger partial charge is 0.339 e. The molecule has 3 rings (SSSR count). The zero-order valence-electron chi connectivity index (χ0n) is 15.0. The Balaban J connectivity index is 1.83. The van der Waals surface area contributed by atoms with Crippen molar-refractivity contribution in [1.82, 2.24) is 4.90 Å². The quantitative estimate of drug-likeness (QED) is 0.807. The van der Waals surface area contributed by atoms with Crippen molar-refractivity contribution in [2.45, 2.75) is 31.1 Å². The Morgan fingerprint density at radius 3 is 2.15 bits per heavy atom. The lowest BCUT2D eigenvalue weighted by Gasteiger charge is -2.27. The molecular formula is C20H24N2O3S. The molecule has 0 atom stereocenters. The predicted molar refractivity (Wildman–Crippen MR) is 103 cm³/mol. The van der Waals surface area contributed by atoms with E-state index in [9.17, 15) is 13.2 Å². The number of anilines is 1. The Bertz CT molecular complexity index is 842. The number of piperidine rings is 1. The van der Waals surface area contributed by atoms with Crippen LogP contribution in [0.3, 0.4) is 0 Å². The minimum atomic E-state index is -3.62. The smallest absolute Gasteiger partial charge is 0.264 e. The number of carbonyl (C=O) groups excluding carboxylic acids is 1. The molecule has 138 valence electrons. The molecule has 1 aliphatic rings. The molecule has 2 aromatic carbocycles. The first-order valence-electron chi connectivity index (χ1n) is 9.01. The van der Waals surface area contributed by atoms with Gasteiger partial charge in [-0.05, 0) is 62.6 Å². The second-order valence-corrected chi connectivity index (χ2v) is 8.24. The second-order valence-electron chi connectivity index (χ2n) is 6.38. The lowest BCUT2D eigenvalue weighted by molar-refractivity contribution is 0.0724. The molecule has 0 N–H and O–H groups in total. The molecule has 0 unspecified atom stereocenters. The fraction of sp³-hybridized carbons (Fsp3) is 0.350. The first-order valence-corrected chi connectivity index (χ1v) is 10.4. The van der Waals surface area contributed by atoms with Crippen molar-refractivity contribution in [3.63, 3.8) is 0 Å². The normalized spacial score (nSPS) is 14.9. The number of hydrogen-bond donors (Lipinski definition) is 0. The highest BCUT2D eigenvalue weighted by Crippen LogP contribution is 2.24. The topological polar surface area (TPSA) is 57.7 Å². The molecule has 1 aliphatic heterocycles. The van der Waals surface area contributed by atoms with Gasteiger partial charge in [0.2, 0.25) is 0 Å². The summed E-state index contributed by atoms with van der Waals surface area (Å²) in [4.78, 5) is 14.7. The highest BCUT2D eigenvalue weighted by molar-refractivity contribution is 7.92. The number of nitrogens with zero attached hydrogens (tertiary/aromatic N) is 2. The average Bonchev–Trinajstić information content (AvgIpc) is 2.70. The van der Waals surface area contributed by atoms with Crippen molar-refractivity contribution in [1.29, 1.82) is 0 Å². The number of sulfonamides is 1. The summed E-state index contributed by atoms with van der Waals surface area (Å²) in [7, 11) is -3.62. The van der Waals surface area contributed by atoms with E-state index in [1.54, 1.807) is 61.5 Å². The van der Waals surface area contributed by atoms with Crippen molar-refractivity contribution >= 4 is 21.6 Å². The van der Waals surface area contributed by atoms with E-state index in [2.05, 4.69) is 0 Å². The molecule has 1 saturated heterocycles. The van der Waals surface area contributed by atoms with Gasteiger partial charge in [0.15, 0.2) is 0 Å². The first kappa shape index (κ1) is 18.5. The van der Waals surface area contributed by atoms with Gasteiger partial charge in [-0.3, -0.25) is 9.10 Å². The number of likely N-dealkylation sites (tertiary alicyclic amines) is 1. The van der Waals surface area contributed by atoms with E-state index in [1.807, 2.05) is 4.90 Å². The van der Waals surface area contributed by atoms with E-state index in [4.69, 9.17) is 0 Å². The molecule has 0 bridgehead atoms. The molecule has 26 heavy (non-hydrogen) atoms. The van der Waals surface area contributed by atoms with Crippen molar-refractivity contribution < 1.29 is 13.2 Å². The molecule has 0 aliphatic carbocycles. The Morgan fingerprint density at radius 1 is 0.962 bits per heavy atom. The van der Waals surface area contributed by atoms with Crippen molar-refractivity contribution in [2.75, 3.05) is 23.9 Å². The van der Waals surface area contributed by atoms with E-state index < -0.39 is 10.0 Å². The SMILES string of the molecule is CCN(c1ccc(C(=O)N2CCCCC2)cc1)S(=O)(=O)c1ccccc1. The van der Waals surface area contributed by atoms with Crippen LogP contribution in [0.2, 0.25) is 0 Å². The number of amides is 1. The van der Waals surface area contributed by atoms with E-state index in [-0.39, 0.29) is 10.8 Å². The van der Waals surface area contributed by atoms with Crippen molar-refractivity contribution in [2.24, 2.45) is 0 Å². The minimum Gasteiger partial charge on any atom is -0.339 e. The Hall–Kier alpha value is -2.34. The molecule has 0 saturated carbocycles. The van der Waals surface area contributed by atoms with E-state index in [1.165, 1.54) is 10.7 Å². The van der Waals surface area contributed by atoms with E-state index >= 15 is 0 Å². The van der Waals surface area contributed by atoms with E-state index in [0.717, 1.165) is 25.9 Å². The molecular weight excluding hydrogens is 348 g/mol. The van der Waals surface area contributed by atoms with Gasteiger partial charge < -0.3 is 4.90 Å². The highest BCUT2D eigenvalue weighted by atomic mass is 32.2. The van der Waals surface area contributed by atoms with Crippen LogP contribution in [0.15, 0.2) is 59.5 Å². The van der Waals surface area contributed by atoms with Gasteiger partial charge in [0, 0.05) is 25.2 Å². The van der Waals surface area contributed by atoms with Crippen LogP contribution in [-0.4, -0.2) is 38.9 Å². The van der Waals surface area contributed by atoms with Crippen LogP contribution in [0.1, 0.15) is 36.5 Å². The Kier molecular flexibility index (Phi) is 5.61. The monoisotopic (exact) mass is 372 g/mol. The Labute approximate surface area is 155 Å². The third-order valence-corrected chi connectivity index (χ3v) is 6.58. The van der Waals surface area contributed by atoms with Crippen LogP contribution in [-0.2, 0) is 10.0 Å². The van der Waals surface area contributed by atoms with Gasteiger partial charge in [-0.15, -0.1) is 0 Å². The molecule has 2 aromatic rings. The molecule has 5 nitrogen and oxygen atoms in total. The zero-order valence-corrected chi connectivity index (χ0v) is 15.8. The second kappa shape index (κ2) is 7.91. The van der Waals surface area contributed by atoms with Gasteiger partial charge in [0.05, 0.1) is 10.6 Å². The third kappa shape index (κ3) is 3.75. The van der Waals surface area contributed by atoms with Crippen LogP contribution in [0.4, 0.5) is 5.69 Å². The number of hydrogen-bond acceptors (Lipinski definition) is 3. The van der Waals surface area contributed by atoms with Crippen LogP contribution in [0.5, 0.6) is 0 Å². The van der Waals surface area contributed by atoms with Crippen molar-refractivity contribution in [3.8, 4) is 0 Å². The minimum absolute atomic E-state index is 0.0187. The molecule has 6 heteroatoms. The number of carbonyl (C=O) groups is 1. The standard InChI is InChI=1S/C20H24N2O3S/c1-2-22(26(24,25)19-9-5-3-6-10-19)18-13-11-17(12-14-18)20(23)21-15-7-4-8-16-21/h3,5-6,9-14H,2,4,7-8,15-16H2,1H3. The maximum Gasteiger partial charge on any atom is 0.264 e. The van der Waals surface area contributed by atoms with Gasteiger partial charge in [-0.1, -0.05) is 18.2 Å². The maximum atomic E-state index is 12.9. The van der Waals surface area contributed by atoms with Gasteiger partial charge in [-0.25, -0.2) is 8.42 Å². The highest BCUT2D eigenvalue weighted by Gasteiger charge is 2.24. The van der Waals surface area contributed by atoms with Gasteiger partial charge in [0.25, 0.3) is 15.9 Å². The van der Waals surface area contributed by atoms with Crippen LogP contribution < -0.4 is 4.31 Å². The molecule has 1 fully saturated rings. The maximum absolute atomic E-state index is 12.9. The molecule has 1 amide bonds. The van der Waals surface area contributed by atoms with Crippen molar-refractivity contribution in [3.05, 3.63) is 60.2 Å². The Morgan fingerprint density at radius 2 is 1.58 bits per heavy atom. The summed E-state index contributed by atoms with van der Waals surface area (Å²) in [5.74, 6) is 0.0187. The lowest BCUT2D eigenvalue weighted by Crippen LogP contribution is -2.35. The van der Waals surface area contributed by atoms with Crippen LogP contribution >= 0.6 is 0 Å². The number of benzene rings is 2. The number of rotatable bonds is 5. The summed E-state index contributed by atoms with van der Waals surface area (Å²) in [6.07, 6.45) is 3.26. The fourth-order valence-electron chi connectivity index (χ4n) is 3.26. The van der Waals surface area contributed by atoms with Gasteiger partial charge in [-0.2, -0.15) is 0 Å². The zero-order chi connectivity index (χ0) is 18.6. The van der Waals surface area contributed by atoms with E-state index in [0.29, 0.717) is 17.8 Å². The van der Waals surface area contributed by atoms with Gasteiger partial charge in [0.1, 0.15) is 0 Å². The van der Waals surface area contributed by atoms with Gasteiger partial charge >= 0.3 is 0 Å². The van der Waals surface area contributed by atoms with Crippen LogP contribution in [0, 0.1) is 0 Å². The lowest BCUT2D eigenvalue weighted by atomic mass is 10.1. The summed E-state index contributed by atoms with van der Waals surface area (Å²) in [6, 6.07) is 15.2. The summed E-state index contributed by atoms with van der Waals surface area (Å²) >= 11 is 0. The average molecular weight is 372 g/mol. The molecule has 0 radical (unpaired) electrons. The first-order chi connectivity index (χ1) is 12.5. The summed E-state index contributed by atoms with van der Waals surface area (Å²) in [5.41, 5.74) is 1.16. The fourth-order valence-corrected chi connectivity index (χ4v) is 4.76. The predicted octanol–water partition coefficient (Wildman–Crippen LogP) is 3.53. The molecule has 0 spiro atoms. The summed E-state index contributed by atoms with van der Waals surface area (Å²) in [6.45, 7) is 3.71. The molecule has 1 heterocycles. The molecule has 0 aromatic heterocycles. The van der Waals surface area contributed by atoms with Crippen LogP contribution in [0.25, 0.3) is 0 Å². The summed E-state index contributed by atoms with van der Waals surface area (Å²) < 4.78 is 27.1. The third-order valence-electron chi connectivity index (χ3n) is 4.66. The summed E-state index contributed by atoms with van der Waals surface area (Å²) in [5, 5.41) is 0.